The van der Waals surface area contributed by atoms with E-state index in [9.17, 15) is 32.3 Å². The predicted octanol–water partition coefficient (Wildman–Crippen LogP) is 3.57. The third-order valence-electron chi connectivity index (χ3n) is 4.78. The van der Waals surface area contributed by atoms with E-state index in [0.717, 1.165) is 18.3 Å². The Labute approximate surface area is 182 Å². The molecule has 0 aliphatic carbocycles. The number of aliphatic hydroxyl groups excluding tert-OH is 1. The van der Waals surface area contributed by atoms with Gasteiger partial charge in [-0.3, -0.25) is 9.59 Å². The second-order valence-electron chi connectivity index (χ2n) is 6.96. The van der Waals surface area contributed by atoms with Gasteiger partial charge in [-0.1, -0.05) is 17.3 Å². The molecule has 0 fully saturated rings. The van der Waals surface area contributed by atoms with Gasteiger partial charge < -0.3 is 19.9 Å². The van der Waals surface area contributed by atoms with Gasteiger partial charge in [0.15, 0.2) is 0 Å². The maximum Gasteiger partial charge on any atom is 0.454 e. The maximum atomic E-state index is 13.0. The molecule has 4 aromatic rings. The third kappa shape index (κ3) is 4.46. The van der Waals surface area contributed by atoms with E-state index in [1.165, 1.54) is 30.3 Å². The van der Waals surface area contributed by atoms with E-state index < -0.39 is 41.9 Å². The fourth-order valence-electron chi connectivity index (χ4n) is 3.13. The van der Waals surface area contributed by atoms with Gasteiger partial charge in [-0.2, -0.15) is 18.2 Å². The number of amides is 1. The zero-order chi connectivity index (χ0) is 23.8. The molecule has 4 rings (SSSR count). The van der Waals surface area contributed by atoms with Crippen LogP contribution in [0.25, 0.3) is 22.3 Å². The van der Waals surface area contributed by atoms with E-state index >= 15 is 0 Å². The number of ketones is 1. The summed E-state index contributed by atoms with van der Waals surface area (Å²) in [6, 6.07) is 7.84. The number of aliphatic hydroxyl groups is 1. The zero-order valence-electron chi connectivity index (χ0n) is 16.5. The summed E-state index contributed by atoms with van der Waals surface area (Å²) in [4.78, 5) is 30.6. The minimum absolute atomic E-state index is 0.0414. The molecule has 2 heterocycles. The first-order chi connectivity index (χ1) is 15.7. The van der Waals surface area contributed by atoms with Crippen LogP contribution < -0.4 is 5.32 Å². The topological polar surface area (TPSA) is 121 Å². The van der Waals surface area contributed by atoms with Gasteiger partial charge in [-0.25, -0.2) is 4.39 Å². The summed E-state index contributed by atoms with van der Waals surface area (Å²) < 4.78 is 56.4. The van der Waals surface area contributed by atoms with Crippen molar-refractivity contribution in [3.63, 3.8) is 0 Å². The molecule has 170 valence electrons. The van der Waals surface area contributed by atoms with E-state index in [-0.39, 0.29) is 28.2 Å². The Morgan fingerprint density at radius 2 is 1.88 bits per heavy atom. The van der Waals surface area contributed by atoms with Crippen molar-refractivity contribution in [1.29, 1.82) is 0 Å². The van der Waals surface area contributed by atoms with Crippen LogP contribution in [0.2, 0.25) is 0 Å². The Morgan fingerprint density at radius 1 is 1.15 bits per heavy atom. The standard InChI is InChI=1S/C21H14F4N4O4/c22-12-4-1-10(2-5-12)19(32)27-16(9-30)20-28-18(29-33-20)11-3-6-13-14(8-26-15(13)7-11)17(31)21(23,24)25/h1-8,16,26,30H,9H2,(H,27,32)/t16-/m0/s1. The monoisotopic (exact) mass is 462 g/mol. The number of aromatic nitrogens is 3. The van der Waals surface area contributed by atoms with Crippen LogP contribution in [0.1, 0.15) is 32.6 Å². The highest BCUT2D eigenvalue weighted by Crippen LogP contribution is 2.29. The molecular weight excluding hydrogens is 448 g/mol. The molecule has 3 N–H and O–H groups in total. The zero-order valence-corrected chi connectivity index (χ0v) is 16.5. The molecule has 1 atom stereocenters. The number of Topliss-reactive ketones (excluding diaryl/α,β-unsaturated/α-hetero) is 1. The van der Waals surface area contributed by atoms with Crippen LogP contribution in [0.15, 0.2) is 53.2 Å². The average molecular weight is 462 g/mol. The first-order valence-corrected chi connectivity index (χ1v) is 9.41. The van der Waals surface area contributed by atoms with Gasteiger partial charge in [0.25, 0.3) is 17.6 Å². The first kappa shape index (κ1) is 22.1. The third-order valence-corrected chi connectivity index (χ3v) is 4.78. The Kier molecular flexibility index (Phi) is 5.68. The number of fused-ring (bicyclic) bond motifs is 1. The Hall–Kier alpha value is -4.06. The Morgan fingerprint density at radius 3 is 2.55 bits per heavy atom. The lowest BCUT2D eigenvalue weighted by molar-refractivity contribution is -0.0884. The number of H-pyrrole nitrogens is 1. The van der Waals surface area contributed by atoms with Crippen LogP contribution in [0, 0.1) is 5.82 Å². The van der Waals surface area contributed by atoms with Gasteiger partial charge in [-0.15, -0.1) is 0 Å². The van der Waals surface area contributed by atoms with E-state index in [4.69, 9.17) is 4.52 Å². The number of rotatable bonds is 6. The van der Waals surface area contributed by atoms with Gasteiger partial charge >= 0.3 is 6.18 Å². The molecular formula is C21H14F4N4O4. The Bertz CT molecular complexity index is 1330. The molecule has 0 saturated heterocycles. The van der Waals surface area contributed by atoms with Crippen LogP contribution in [-0.2, 0) is 0 Å². The van der Waals surface area contributed by atoms with E-state index in [1.807, 2.05) is 0 Å². The lowest BCUT2D eigenvalue weighted by Gasteiger charge is -2.12. The normalized spacial score (nSPS) is 12.6. The Balaban J connectivity index is 1.56. The van der Waals surface area contributed by atoms with Gasteiger partial charge in [0.2, 0.25) is 5.82 Å². The number of benzene rings is 2. The molecule has 0 aliphatic heterocycles. The molecule has 8 nitrogen and oxygen atoms in total. The molecule has 1 amide bonds. The molecule has 0 radical (unpaired) electrons. The highest BCUT2D eigenvalue weighted by Gasteiger charge is 2.40. The number of aromatic amines is 1. The van der Waals surface area contributed by atoms with Gasteiger partial charge in [0, 0.05) is 28.2 Å². The summed E-state index contributed by atoms with van der Waals surface area (Å²) in [6.07, 6.45) is -4.04. The number of carbonyl (C=O) groups excluding carboxylic acids is 2. The number of alkyl halides is 3. The lowest BCUT2D eigenvalue weighted by atomic mass is 10.1. The number of halogens is 4. The van der Waals surface area contributed by atoms with Crippen LogP contribution in [0.5, 0.6) is 0 Å². The second-order valence-corrected chi connectivity index (χ2v) is 6.96. The van der Waals surface area contributed by atoms with Crippen molar-refractivity contribution >= 4 is 22.6 Å². The average Bonchev–Trinajstić information content (AvgIpc) is 3.43. The number of hydrogen-bond donors (Lipinski definition) is 3. The minimum Gasteiger partial charge on any atom is -0.394 e. The van der Waals surface area contributed by atoms with Crippen molar-refractivity contribution in [2.75, 3.05) is 6.61 Å². The first-order valence-electron chi connectivity index (χ1n) is 9.41. The molecule has 0 bridgehead atoms. The van der Waals surface area contributed by atoms with E-state index in [0.29, 0.717) is 5.56 Å². The van der Waals surface area contributed by atoms with Crippen molar-refractivity contribution in [1.82, 2.24) is 20.4 Å². The number of carbonyl (C=O) groups is 2. The van der Waals surface area contributed by atoms with Crippen molar-refractivity contribution in [3.8, 4) is 11.4 Å². The summed E-state index contributed by atoms with van der Waals surface area (Å²) >= 11 is 0. The number of nitrogens with one attached hydrogen (secondary N) is 2. The molecule has 2 aromatic heterocycles. The molecule has 12 heteroatoms. The molecule has 0 unspecified atom stereocenters. The fraction of sp³-hybridized carbons (Fsp3) is 0.143. The second kappa shape index (κ2) is 8.47. The van der Waals surface area contributed by atoms with Gasteiger partial charge in [0.1, 0.15) is 11.9 Å². The van der Waals surface area contributed by atoms with Crippen LogP contribution in [-0.4, -0.2) is 44.7 Å². The number of nitrogens with zero attached hydrogens (tertiary/aromatic N) is 2. The highest BCUT2D eigenvalue weighted by molar-refractivity contribution is 6.10. The maximum absolute atomic E-state index is 13.0. The smallest absolute Gasteiger partial charge is 0.394 e. The summed E-state index contributed by atoms with van der Waals surface area (Å²) in [5, 5.41) is 16.0. The van der Waals surface area contributed by atoms with Crippen molar-refractivity contribution < 1.29 is 36.8 Å². The molecule has 0 saturated carbocycles. The van der Waals surface area contributed by atoms with Crippen molar-refractivity contribution in [2.45, 2.75) is 12.2 Å². The quantitative estimate of drug-likeness (QED) is 0.298. The van der Waals surface area contributed by atoms with Gasteiger partial charge in [0.05, 0.1) is 12.2 Å². The predicted molar refractivity (Wildman–Crippen MR) is 106 cm³/mol. The van der Waals surface area contributed by atoms with Crippen LogP contribution in [0.4, 0.5) is 17.6 Å². The van der Waals surface area contributed by atoms with E-state index in [1.54, 1.807) is 0 Å². The molecule has 2 aromatic carbocycles. The summed E-state index contributed by atoms with van der Waals surface area (Å²) in [5.41, 5.74) is 0.236. The fourth-order valence-corrected chi connectivity index (χ4v) is 3.13. The highest BCUT2D eigenvalue weighted by atomic mass is 19.4. The van der Waals surface area contributed by atoms with E-state index in [2.05, 4.69) is 20.4 Å². The summed E-state index contributed by atoms with van der Waals surface area (Å²) in [5.74, 6) is -3.17. The molecule has 33 heavy (non-hydrogen) atoms. The summed E-state index contributed by atoms with van der Waals surface area (Å²) in [7, 11) is 0. The number of hydrogen-bond acceptors (Lipinski definition) is 6. The summed E-state index contributed by atoms with van der Waals surface area (Å²) in [6.45, 7) is -0.576. The van der Waals surface area contributed by atoms with Crippen LogP contribution >= 0.6 is 0 Å². The van der Waals surface area contributed by atoms with Crippen LogP contribution in [0.3, 0.4) is 0 Å². The molecule has 0 spiro atoms. The molecule has 0 aliphatic rings. The lowest BCUT2D eigenvalue weighted by Crippen LogP contribution is -2.31. The van der Waals surface area contributed by atoms with Crippen molar-refractivity contribution in [3.05, 3.63) is 71.5 Å². The minimum atomic E-state index is -5.01. The van der Waals surface area contributed by atoms with Gasteiger partial charge in [-0.05, 0) is 30.3 Å². The SMILES string of the molecule is O=C(N[C@@H](CO)c1nc(-c2ccc3c(C(=O)C(F)(F)F)c[nH]c3c2)no1)c1ccc(F)cc1. The largest absolute Gasteiger partial charge is 0.454 e. The van der Waals surface area contributed by atoms with Crippen molar-refractivity contribution in [2.24, 2.45) is 0 Å².